The van der Waals surface area contributed by atoms with E-state index in [2.05, 4.69) is 34.2 Å². The van der Waals surface area contributed by atoms with Gasteiger partial charge >= 0.3 is 0 Å². The third-order valence-electron chi connectivity index (χ3n) is 3.56. The highest BCUT2D eigenvalue weighted by atomic mass is 16.5. The number of hydrogen-bond donors (Lipinski definition) is 1. The first-order valence-electron chi connectivity index (χ1n) is 7.14. The van der Waals surface area contributed by atoms with Crippen LogP contribution in [0.1, 0.15) is 31.9 Å². The van der Waals surface area contributed by atoms with E-state index in [1.807, 2.05) is 0 Å². The molecule has 0 aliphatic carbocycles. The predicted octanol–water partition coefficient (Wildman–Crippen LogP) is 1.45. The molecule has 1 atom stereocenters. The fraction of sp³-hybridized carbons (Fsp3) is 0.714. The number of nitrogens with zero attached hydrogens (tertiary/aromatic N) is 3. The van der Waals surface area contributed by atoms with Crippen LogP contribution in [0.5, 0.6) is 5.88 Å². The van der Waals surface area contributed by atoms with E-state index in [9.17, 15) is 0 Å². The number of piperidine rings is 1. The maximum Gasteiger partial charge on any atom is 0.232 e. The summed E-state index contributed by atoms with van der Waals surface area (Å²) < 4.78 is 5.79. The van der Waals surface area contributed by atoms with E-state index >= 15 is 0 Å². The zero-order valence-electron chi connectivity index (χ0n) is 11.9. The minimum Gasteiger partial charge on any atom is -0.475 e. The van der Waals surface area contributed by atoms with E-state index in [0.29, 0.717) is 18.5 Å². The topological polar surface area (TPSA) is 50.3 Å². The van der Waals surface area contributed by atoms with Crippen LogP contribution in [-0.4, -0.2) is 47.7 Å². The highest BCUT2D eigenvalue weighted by molar-refractivity contribution is 5.08. The molecule has 1 aliphatic rings. The van der Waals surface area contributed by atoms with E-state index in [0.717, 1.165) is 18.8 Å². The van der Waals surface area contributed by atoms with Crippen LogP contribution in [0.3, 0.4) is 0 Å². The highest BCUT2D eigenvalue weighted by Gasteiger charge is 2.19. The van der Waals surface area contributed by atoms with Crippen molar-refractivity contribution in [2.75, 3.05) is 26.7 Å². The van der Waals surface area contributed by atoms with Crippen molar-refractivity contribution in [3.05, 3.63) is 18.1 Å². The average Bonchev–Trinajstić information content (AvgIpc) is 2.45. The molecule has 0 spiro atoms. The number of nitrogens with one attached hydrogen (secondary N) is 1. The van der Waals surface area contributed by atoms with Gasteiger partial charge in [-0.25, -0.2) is 4.98 Å². The zero-order valence-corrected chi connectivity index (χ0v) is 11.9. The Kier molecular flexibility index (Phi) is 5.54. The second kappa shape index (κ2) is 7.40. The van der Waals surface area contributed by atoms with Crippen molar-refractivity contribution < 1.29 is 4.74 Å². The third-order valence-corrected chi connectivity index (χ3v) is 3.56. The Morgan fingerprint density at radius 1 is 1.42 bits per heavy atom. The highest BCUT2D eigenvalue weighted by Crippen LogP contribution is 2.16. The molecule has 19 heavy (non-hydrogen) atoms. The molecular formula is C14H24N4O. The summed E-state index contributed by atoms with van der Waals surface area (Å²) in [6.07, 6.45) is 7.27. The summed E-state index contributed by atoms with van der Waals surface area (Å²) >= 11 is 0. The number of rotatable bonds is 6. The molecule has 0 radical (unpaired) electrons. The SMILES string of the molecule is CCNCc1cncc(OCC2CCCCN2C)n1. The Bertz CT molecular complexity index is 385. The van der Waals surface area contributed by atoms with Crippen LogP contribution < -0.4 is 10.1 Å². The quantitative estimate of drug-likeness (QED) is 0.843. The van der Waals surface area contributed by atoms with Gasteiger partial charge in [-0.3, -0.25) is 4.98 Å². The van der Waals surface area contributed by atoms with Gasteiger partial charge in [-0.15, -0.1) is 0 Å². The monoisotopic (exact) mass is 264 g/mol. The van der Waals surface area contributed by atoms with E-state index in [-0.39, 0.29) is 0 Å². The lowest BCUT2D eigenvalue weighted by Crippen LogP contribution is -2.40. The maximum absolute atomic E-state index is 5.79. The number of likely N-dealkylation sites (N-methyl/N-ethyl adjacent to an activating group) is 1. The smallest absolute Gasteiger partial charge is 0.232 e. The van der Waals surface area contributed by atoms with E-state index in [4.69, 9.17) is 4.74 Å². The third kappa shape index (κ3) is 4.44. The van der Waals surface area contributed by atoms with Crippen molar-refractivity contribution in [3.8, 4) is 5.88 Å². The molecule has 0 aromatic carbocycles. The summed E-state index contributed by atoms with van der Waals surface area (Å²) in [5.41, 5.74) is 0.927. The van der Waals surface area contributed by atoms with Crippen LogP contribution in [0.4, 0.5) is 0 Å². The summed E-state index contributed by atoms with van der Waals surface area (Å²) in [5, 5.41) is 3.24. The van der Waals surface area contributed by atoms with Crippen LogP contribution >= 0.6 is 0 Å². The van der Waals surface area contributed by atoms with Gasteiger partial charge in [0.1, 0.15) is 6.61 Å². The maximum atomic E-state index is 5.79. The molecule has 1 aromatic rings. The van der Waals surface area contributed by atoms with Crippen molar-refractivity contribution in [2.24, 2.45) is 0 Å². The number of hydrogen-bond acceptors (Lipinski definition) is 5. The molecule has 0 amide bonds. The summed E-state index contributed by atoms with van der Waals surface area (Å²) in [5.74, 6) is 0.634. The van der Waals surface area contributed by atoms with Gasteiger partial charge in [0.05, 0.1) is 11.9 Å². The van der Waals surface area contributed by atoms with Gasteiger partial charge in [0.15, 0.2) is 0 Å². The van der Waals surface area contributed by atoms with Crippen molar-refractivity contribution in [1.29, 1.82) is 0 Å². The lowest BCUT2D eigenvalue weighted by molar-refractivity contribution is 0.122. The molecule has 5 nitrogen and oxygen atoms in total. The van der Waals surface area contributed by atoms with Crippen molar-refractivity contribution >= 4 is 0 Å². The fourth-order valence-corrected chi connectivity index (χ4v) is 2.33. The van der Waals surface area contributed by atoms with Gasteiger partial charge < -0.3 is 15.0 Å². The molecule has 1 aromatic heterocycles. The van der Waals surface area contributed by atoms with Crippen molar-refractivity contribution in [3.63, 3.8) is 0 Å². The first kappa shape index (κ1) is 14.2. The summed E-state index contributed by atoms with van der Waals surface area (Å²) in [7, 11) is 2.17. The van der Waals surface area contributed by atoms with Gasteiger partial charge in [0.2, 0.25) is 5.88 Å². The Balaban J connectivity index is 1.84. The van der Waals surface area contributed by atoms with E-state index in [1.165, 1.54) is 25.8 Å². The molecule has 0 saturated carbocycles. The Hall–Kier alpha value is -1.20. The van der Waals surface area contributed by atoms with Crippen LogP contribution in [0, 0.1) is 0 Å². The number of likely N-dealkylation sites (tertiary alicyclic amines) is 1. The second-order valence-electron chi connectivity index (χ2n) is 5.07. The molecule has 1 N–H and O–H groups in total. The lowest BCUT2D eigenvalue weighted by Gasteiger charge is -2.31. The Morgan fingerprint density at radius 2 is 2.32 bits per heavy atom. The first-order valence-corrected chi connectivity index (χ1v) is 7.14. The van der Waals surface area contributed by atoms with Gasteiger partial charge in [-0.1, -0.05) is 13.3 Å². The van der Waals surface area contributed by atoms with Crippen LogP contribution in [-0.2, 0) is 6.54 Å². The standard InChI is InChI=1S/C14H24N4O/c1-3-15-8-12-9-16-10-14(17-12)19-11-13-6-4-5-7-18(13)2/h9-10,13,15H,3-8,11H2,1-2H3. The van der Waals surface area contributed by atoms with E-state index < -0.39 is 0 Å². The van der Waals surface area contributed by atoms with Crippen LogP contribution in [0.15, 0.2) is 12.4 Å². The lowest BCUT2D eigenvalue weighted by atomic mass is 10.0. The normalized spacial score (nSPS) is 20.4. The van der Waals surface area contributed by atoms with Gasteiger partial charge in [-0.2, -0.15) is 0 Å². The molecular weight excluding hydrogens is 240 g/mol. The Labute approximate surface area is 115 Å². The largest absolute Gasteiger partial charge is 0.475 e. The molecule has 2 rings (SSSR count). The fourth-order valence-electron chi connectivity index (χ4n) is 2.33. The van der Waals surface area contributed by atoms with Crippen molar-refractivity contribution in [1.82, 2.24) is 20.2 Å². The van der Waals surface area contributed by atoms with Crippen LogP contribution in [0.25, 0.3) is 0 Å². The molecule has 0 bridgehead atoms. The minimum atomic E-state index is 0.507. The minimum absolute atomic E-state index is 0.507. The van der Waals surface area contributed by atoms with Gasteiger partial charge in [0, 0.05) is 18.8 Å². The second-order valence-corrected chi connectivity index (χ2v) is 5.07. The summed E-state index contributed by atoms with van der Waals surface area (Å²) in [4.78, 5) is 11.0. The molecule has 106 valence electrons. The number of aromatic nitrogens is 2. The first-order chi connectivity index (χ1) is 9.29. The van der Waals surface area contributed by atoms with Crippen LogP contribution in [0.2, 0.25) is 0 Å². The molecule has 1 fully saturated rings. The summed E-state index contributed by atoms with van der Waals surface area (Å²) in [6.45, 7) is 5.62. The van der Waals surface area contributed by atoms with Crippen molar-refractivity contribution in [2.45, 2.75) is 38.8 Å². The van der Waals surface area contributed by atoms with E-state index in [1.54, 1.807) is 12.4 Å². The number of ether oxygens (including phenoxy) is 1. The molecule has 1 aliphatic heterocycles. The van der Waals surface area contributed by atoms with Gasteiger partial charge in [-0.05, 0) is 33.0 Å². The summed E-state index contributed by atoms with van der Waals surface area (Å²) in [6, 6.07) is 0.507. The molecule has 2 heterocycles. The predicted molar refractivity (Wildman–Crippen MR) is 75.2 cm³/mol. The van der Waals surface area contributed by atoms with Gasteiger partial charge in [0.25, 0.3) is 0 Å². The zero-order chi connectivity index (χ0) is 13.5. The molecule has 1 saturated heterocycles. The Morgan fingerprint density at radius 3 is 3.11 bits per heavy atom. The molecule has 1 unspecified atom stereocenters. The average molecular weight is 264 g/mol. The molecule has 5 heteroatoms.